The molecule has 0 unspecified atom stereocenters. The van der Waals surface area contributed by atoms with Crippen molar-refractivity contribution >= 4 is 28.1 Å². The Morgan fingerprint density at radius 1 is 1.24 bits per heavy atom. The van der Waals surface area contributed by atoms with Crippen LogP contribution in [0.5, 0.6) is 0 Å². The standard InChI is InChI=1S/C17H16BrNO2/c1-12-7-8-13(16(18)9-12)10-19(2)17(21)15-6-4-3-5-14(15)11-20/h3-9,11H,10H2,1-2H3. The largest absolute Gasteiger partial charge is 0.337 e. The van der Waals surface area contributed by atoms with E-state index in [4.69, 9.17) is 0 Å². The van der Waals surface area contributed by atoms with E-state index < -0.39 is 0 Å². The number of hydrogen-bond acceptors (Lipinski definition) is 2. The van der Waals surface area contributed by atoms with Crippen LogP contribution in [0.1, 0.15) is 31.8 Å². The van der Waals surface area contributed by atoms with Crippen molar-refractivity contribution in [2.24, 2.45) is 0 Å². The highest BCUT2D eigenvalue weighted by molar-refractivity contribution is 9.10. The first-order valence-corrected chi connectivity index (χ1v) is 7.37. The Balaban J connectivity index is 2.21. The van der Waals surface area contributed by atoms with Gasteiger partial charge in [0.05, 0.1) is 5.56 Å². The van der Waals surface area contributed by atoms with Crippen LogP contribution in [0.4, 0.5) is 0 Å². The Morgan fingerprint density at radius 2 is 1.95 bits per heavy atom. The van der Waals surface area contributed by atoms with E-state index in [9.17, 15) is 9.59 Å². The van der Waals surface area contributed by atoms with Crippen molar-refractivity contribution in [1.29, 1.82) is 0 Å². The van der Waals surface area contributed by atoms with Gasteiger partial charge in [-0.3, -0.25) is 9.59 Å². The fraction of sp³-hybridized carbons (Fsp3) is 0.176. The van der Waals surface area contributed by atoms with E-state index in [0.29, 0.717) is 24.0 Å². The van der Waals surface area contributed by atoms with Crippen LogP contribution in [0, 0.1) is 6.92 Å². The van der Waals surface area contributed by atoms with Crippen molar-refractivity contribution in [3.05, 3.63) is 69.2 Å². The molecule has 2 rings (SSSR count). The summed E-state index contributed by atoms with van der Waals surface area (Å²) in [4.78, 5) is 25.1. The minimum atomic E-state index is -0.162. The van der Waals surface area contributed by atoms with E-state index in [1.165, 1.54) is 0 Å². The third-order valence-corrected chi connectivity index (χ3v) is 4.02. The summed E-state index contributed by atoms with van der Waals surface area (Å²) in [5, 5.41) is 0. The molecule has 0 saturated carbocycles. The maximum absolute atomic E-state index is 12.5. The first-order valence-electron chi connectivity index (χ1n) is 6.57. The van der Waals surface area contributed by atoms with Gasteiger partial charge in [-0.1, -0.05) is 46.3 Å². The molecule has 0 aromatic heterocycles. The molecule has 0 atom stereocenters. The first kappa shape index (κ1) is 15.4. The summed E-state index contributed by atoms with van der Waals surface area (Å²) in [5.74, 6) is -0.162. The van der Waals surface area contributed by atoms with Gasteiger partial charge in [0.1, 0.15) is 0 Å². The molecule has 1 amide bonds. The van der Waals surface area contributed by atoms with Crippen molar-refractivity contribution < 1.29 is 9.59 Å². The summed E-state index contributed by atoms with van der Waals surface area (Å²) in [6.45, 7) is 2.50. The molecule has 108 valence electrons. The van der Waals surface area contributed by atoms with Gasteiger partial charge < -0.3 is 4.90 Å². The summed E-state index contributed by atoms with van der Waals surface area (Å²) < 4.78 is 0.978. The number of aldehydes is 1. The normalized spacial score (nSPS) is 10.2. The van der Waals surface area contributed by atoms with E-state index in [0.717, 1.165) is 15.6 Å². The Kier molecular flexibility index (Phi) is 4.91. The van der Waals surface area contributed by atoms with E-state index in [-0.39, 0.29) is 5.91 Å². The summed E-state index contributed by atoms with van der Waals surface area (Å²) in [6.07, 6.45) is 0.711. The molecular weight excluding hydrogens is 330 g/mol. The van der Waals surface area contributed by atoms with Crippen LogP contribution in [-0.4, -0.2) is 24.1 Å². The minimum absolute atomic E-state index is 0.162. The van der Waals surface area contributed by atoms with Crippen LogP contribution in [0.15, 0.2) is 46.9 Å². The number of carbonyl (C=O) groups is 2. The number of rotatable bonds is 4. The lowest BCUT2D eigenvalue weighted by Gasteiger charge is -2.19. The third-order valence-electron chi connectivity index (χ3n) is 3.28. The Hall–Kier alpha value is -1.94. The van der Waals surface area contributed by atoms with Gasteiger partial charge in [0, 0.05) is 23.6 Å². The van der Waals surface area contributed by atoms with Crippen molar-refractivity contribution in [1.82, 2.24) is 4.90 Å². The molecule has 21 heavy (non-hydrogen) atoms. The number of halogens is 1. The van der Waals surface area contributed by atoms with E-state index >= 15 is 0 Å². The van der Waals surface area contributed by atoms with Gasteiger partial charge in [-0.05, 0) is 30.2 Å². The molecule has 3 nitrogen and oxygen atoms in total. The summed E-state index contributed by atoms with van der Waals surface area (Å²) in [6, 6.07) is 12.9. The maximum Gasteiger partial charge on any atom is 0.254 e. The molecule has 0 saturated heterocycles. The lowest BCUT2D eigenvalue weighted by molar-refractivity contribution is 0.0782. The highest BCUT2D eigenvalue weighted by atomic mass is 79.9. The minimum Gasteiger partial charge on any atom is -0.337 e. The van der Waals surface area contributed by atoms with Crippen LogP contribution in [-0.2, 0) is 6.54 Å². The van der Waals surface area contributed by atoms with Crippen LogP contribution < -0.4 is 0 Å². The van der Waals surface area contributed by atoms with Gasteiger partial charge in [0.15, 0.2) is 6.29 Å². The predicted molar refractivity (Wildman–Crippen MR) is 86.5 cm³/mol. The van der Waals surface area contributed by atoms with Crippen LogP contribution in [0.2, 0.25) is 0 Å². The average Bonchev–Trinajstić information content (AvgIpc) is 2.49. The molecule has 0 aliphatic carbocycles. The van der Waals surface area contributed by atoms with Crippen molar-refractivity contribution in [3.63, 3.8) is 0 Å². The van der Waals surface area contributed by atoms with Crippen molar-refractivity contribution in [3.8, 4) is 0 Å². The zero-order chi connectivity index (χ0) is 15.4. The number of amides is 1. The molecule has 4 heteroatoms. The molecule has 0 bridgehead atoms. The summed E-state index contributed by atoms with van der Waals surface area (Å²) in [7, 11) is 1.73. The molecule has 2 aromatic rings. The Bertz CT molecular complexity index is 682. The van der Waals surface area contributed by atoms with E-state index in [2.05, 4.69) is 15.9 Å². The smallest absolute Gasteiger partial charge is 0.254 e. The highest BCUT2D eigenvalue weighted by Gasteiger charge is 2.16. The molecule has 0 aliphatic rings. The van der Waals surface area contributed by atoms with Crippen molar-refractivity contribution in [2.45, 2.75) is 13.5 Å². The monoisotopic (exact) mass is 345 g/mol. The van der Waals surface area contributed by atoms with Crippen LogP contribution in [0.25, 0.3) is 0 Å². The topological polar surface area (TPSA) is 37.4 Å². The molecule has 2 aromatic carbocycles. The number of hydrogen-bond donors (Lipinski definition) is 0. The van der Waals surface area contributed by atoms with Gasteiger partial charge in [-0.2, -0.15) is 0 Å². The fourth-order valence-corrected chi connectivity index (χ4v) is 2.73. The van der Waals surface area contributed by atoms with E-state index in [1.54, 1.807) is 36.2 Å². The summed E-state index contributed by atoms with van der Waals surface area (Å²) in [5.41, 5.74) is 3.03. The van der Waals surface area contributed by atoms with Gasteiger partial charge in [-0.25, -0.2) is 0 Å². The molecule has 0 aliphatic heterocycles. The third kappa shape index (κ3) is 3.58. The highest BCUT2D eigenvalue weighted by Crippen LogP contribution is 2.20. The van der Waals surface area contributed by atoms with E-state index in [1.807, 2.05) is 25.1 Å². The SMILES string of the molecule is Cc1ccc(CN(C)C(=O)c2ccccc2C=O)c(Br)c1. The zero-order valence-corrected chi connectivity index (χ0v) is 13.6. The molecule has 0 spiro atoms. The number of benzene rings is 2. The first-order chi connectivity index (χ1) is 10.0. The number of carbonyl (C=O) groups excluding carboxylic acids is 2. The molecule has 0 fully saturated rings. The average molecular weight is 346 g/mol. The predicted octanol–water partition coefficient (Wildman–Crippen LogP) is 3.84. The maximum atomic E-state index is 12.5. The molecular formula is C17H16BrNO2. The van der Waals surface area contributed by atoms with Gasteiger partial charge in [0.2, 0.25) is 0 Å². The van der Waals surface area contributed by atoms with Crippen LogP contribution >= 0.6 is 15.9 Å². The number of nitrogens with zero attached hydrogens (tertiary/aromatic N) is 1. The van der Waals surface area contributed by atoms with Crippen LogP contribution in [0.3, 0.4) is 0 Å². The zero-order valence-electron chi connectivity index (χ0n) is 12.0. The fourth-order valence-electron chi connectivity index (χ4n) is 2.11. The van der Waals surface area contributed by atoms with Gasteiger partial charge >= 0.3 is 0 Å². The quantitative estimate of drug-likeness (QED) is 0.789. The Labute approximate surface area is 132 Å². The lowest BCUT2D eigenvalue weighted by Crippen LogP contribution is -2.27. The molecule has 0 radical (unpaired) electrons. The van der Waals surface area contributed by atoms with Gasteiger partial charge in [-0.15, -0.1) is 0 Å². The molecule has 0 N–H and O–H groups in total. The van der Waals surface area contributed by atoms with Gasteiger partial charge in [0.25, 0.3) is 5.91 Å². The second kappa shape index (κ2) is 6.68. The second-order valence-electron chi connectivity index (χ2n) is 4.96. The second-order valence-corrected chi connectivity index (χ2v) is 5.82. The van der Waals surface area contributed by atoms with Crippen molar-refractivity contribution in [2.75, 3.05) is 7.05 Å². The lowest BCUT2D eigenvalue weighted by atomic mass is 10.1. The molecule has 0 heterocycles. The Morgan fingerprint density at radius 3 is 2.62 bits per heavy atom. The number of aryl methyl sites for hydroxylation is 1. The summed E-state index contributed by atoms with van der Waals surface area (Å²) >= 11 is 3.51.